The van der Waals surface area contributed by atoms with Crippen LogP contribution in [-0.2, 0) is 18.0 Å². The van der Waals surface area contributed by atoms with Gasteiger partial charge in [-0.3, -0.25) is 4.79 Å². The Morgan fingerprint density at radius 2 is 1.63 bits per heavy atom. The molecule has 27 heavy (non-hydrogen) atoms. The molecule has 0 aliphatic rings. The maximum Gasteiger partial charge on any atom is 0.272 e. The maximum absolute atomic E-state index is 13.6. The smallest absolute Gasteiger partial charge is 0.272 e. The Kier molecular flexibility index (Phi) is 5.96. The van der Waals surface area contributed by atoms with Crippen LogP contribution < -0.4 is 21.0 Å². The molecule has 5 nitrogen and oxygen atoms in total. The lowest BCUT2D eigenvalue weighted by Gasteiger charge is -2.18. The first kappa shape index (κ1) is 21.3. The van der Waals surface area contributed by atoms with Gasteiger partial charge in [-0.1, -0.05) is 0 Å². The molecule has 1 amide bonds. The van der Waals surface area contributed by atoms with Crippen LogP contribution in [0.2, 0.25) is 0 Å². The summed E-state index contributed by atoms with van der Waals surface area (Å²) in [7, 11) is 10.7. The molecule has 11 heteroatoms. The van der Waals surface area contributed by atoms with Crippen LogP contribution >= 0.6 is 0 Å². The number of carbonyl (C=O) groups is 1. The summed E-state index contributed by atoms with van der Waals surface area (Å²) in [6, 6.07) is 1.34. The van der Waals surface area contributed by atoms with E-state index in [9.17, 15) is 22.2 Å². The van der Waals surface area contributed by atoms with Crippen LogP contribution in [0.5, 0.6) is 0 Å². The van der Waals surface area contributed by atoms with E-state index in [1.54, 1.807) is 0 Å². The van der Waals surface area contributed by atoms with Crippen LogP contribution in [0, 0.1) is 17.5 Å². The normalized spacial score (nSPS) is 12.9. The SMILES string of the molecule is [B]c1c(F)c(F)c(F)c([B])c1NC(=O)c1cc(S(=O)NC(C)(C)C)cn1C. The second kappa shape index (κ2) is 7.55. The van der Waals surface area contributed by atoms with E-state index in [2.05, 4.69) is 10.0 Å². The number of halogens is 3. The van der Waals surface area contributed by atoms with E-state index in [-0.39, 0.29) is 5.69 Å². The van der Waals surface area contributed by atoms with Gasteiger partial charge >= 0.3 is 0 Å². The molecule has 1 aromatic carbocycles. The number of nitrogens with one attached hydrogen (secondary N) is 2. The third-order valence-electron chi connectivity index (χ3n) is 3.46. The summed E-state index contributed by atoms with van der Waals surface area (Å²) in [5.41, 5.74) is -2.64. The molecule has 0 bridgehead atoms. The minimum Gasteiger partial charge on any atom is -0.345 e. The number of rotatable bonds is 4. The first-order chi connectivity index (χ1) is 12.3. The Labute approximate surface area is 160 Å². The van der Waals surface area contributed by atoms with E-state index in [1.165, 1.54) is 23.9 Å². The largest absolute Gasteiger partial charge is 0.345 e. The summed E-state index contributed by atoms with van der Waals surface area (Å²) in [6.07, 6.45) is 1.46. The molecule has 1 aromatic heterocycles. The zero-order valence-corrected chi connectivity index (χ0v) is 15.9. The highest BCUT2D eigenvalue weighted by molar-refractivity contribution is 7.83. The molecule has 140 valence electrons. The summed E-state index contributed by atoms with van der Waals surface area (Å²) in [4.78, 5) is 12.8. The lowest BCUT2D eigenvalue weighted by molar-refractivity contribution is 0.101. The highest BCUT2D eigenvalue weighted by Crippen LogP contribution is 2.16. The van der Waals surface area contributed by atoms with E-state index in [1.807, 2.05) is 20.8 Å². The van der Waals surface area contributed by atoms with E-state index < -0.39 is 56.5 Å². The van der Waals surface area contributed by atoms with Crippen molar-refractivity contribution in [2.24, 2.45) is 7.05 Å². The van der Waals surface area contributed by atoms with E-state index in [0.717, 1.165) is 0 Å². The first-order valence-electron chi connectivity index (χ1n) is 7.72. The zero-order valence-electron chi connectivity index (χ0n) is 15.1. The number of nitrogens with zero attached hydrogens (tertiary/aromatic N) is 1. The molecular weight excluding hydrogens is 377 g/mol. The highest BCUT2D eigenvalue weighted by Gasteiger charge is 2.23. The highest BCUT2D eigenvalue weighted by atomic mass is 32.2. The van der Waals surface area contributed by atoms with Gasteiger partial charge in [-0.15, -0.1) is 0 Å². The van der Waals surface area contributed by atoms with Crippen LogP contribution in [0.15, 0.2) is 17.2 Å². The minimum absolute atomic E-state index is 0.0259. The van der Waals surface area contributed by atoms with Crippen molar-refractivity contribution in [3.05, 3.63) is 35.4 Å². The average Bonchev–Trinajstić information content (AvgIpc) is 2.95. The monoisotopic (exact) mass is 393 g/mol. The number of aromatic nitrogens is 1. The van der Waals surface area contributed by atoms with Crippen molar-refractivity contribution in [1.29, 1.82) is 0 Å². The summed E-state index contributed by atoms with van der Waals surface area (Å²) >= 11 is 0. The number of hydrogen-bond acceptors (Lipinski definition) is 2. The summed E-state index contributed by atoms with van der Waals surface area (Å²) in [6.45, 7) is 5.47. The fourth-order valence-corrected chi connectivity index (χ4v) is 3.35. The second-order valence-corrected chi connectivity index (χ2v) is 8.10. The van der Waals surface area contributed by atoms with Crippen LogP contribution in [0.4, 0.5) is 18.9 Å². The van der Waals surface area contributed by atoms with Gasteiger partial charge in [0.2, 0.25) is 0 Å². The topological polar surface area (TPSA) is 63.1 Å². The van der Waals surface area contributed by atoms with Crippen molar-refractivity contribution in [2.45, 2.75) is 31.2 Å². The molecule has 2 aromatic rings. The Hall–Kier alpha value is -2.00. The molecule has 0 fully saturated rings. The standard InChI is InChI=1S/C16H16B2F3N3O2S/c1-16(2,3)23-27(26)7-5-8(24(4)6-7)15(25)22-14-9(17)11(19)13(21)12(20)10(14)18/h5-6,23H,1-4H3,(H,22,25). The number of benzene rings is 1. The van der Waals surface area contributed by atoms with Gasteiger partial charge in [0.25, 0.3) is 5.91 Å². The molecule has 0 spiro atoms. The van der Waals surface area contributed by atoms with Gasteiger partial charge in [0.05, 0.1) is 4.90 Å². The Balaban J connectivity index is 2.35. The van der Waals surface area contributed by atoms with Crippen molar-refractivity contribution in [3.63, 3.8) is 0 Å². The van der Waals surface area contributed by atoms with Crippen LogP contribution in [0.25, 0.3) is 0 Å². The molecule has 2 N–H and O–H groups in total. The molecule has 1 heterocycles. The van der Waals surface area contributed by atoms with Crippen molar-refractivity contribution in [1.82, 2.24) is 9.29 Å². The molecule has 0 saturated heterocycles. The summed E-state index contributed by atoms with van der Waals surface area (Å²) in [5.74, 6) is -5.95. The number of carbonyl (C=O) groups excluding carboxylic acids is 1. The van der Waals surface area contributed by atoms with Gasteiger partial charge in [0, 0.05) is 24.5 Å². The van der Waals surface area contributed by atoms with Gasteiger partial charge < -0.3 is 9.88 Å². The fraction of sp³-hybridized carbons (Fsp3) is 0.312. The number of hydrogen-bond donors (Lipinski definition) is 2. The van der Waals surface area contributed by atoms with E-state index in [4.69, 9.17) is 15.7 Å². The lowest BCUT2D eigenvalue weighted by atomic mass is 9.83. The van der Waals surface area contributed by atoms with Gasteiger partial charge in [0.15, 0.2) is 17.5 Å². The molecule has 0 aliphatic carbocycles. The summed E-state index contributed by atoms with van der Waals surface area (Å²) in [5, 5.41) is 2.17. The lowest BCUT2D eigenvalue weighted by Crippen LogP contribution is -2.37. The predicted octanol–water partition coefficient (Wildman–Crippen LogP) is 0.693. The van der Waals surface area contributed by atoms with Crippen molar-refractivity contribution in [3.8, 4) is 0 Å². The van der Waals surface area contributed by atoms with Gasteiger partial charge in [-0.05, 0) is 37.8 Å². The Bertz CT molecular complexity index is 913. The molecule has 0 saturated carbocycles. The molecule has 4 radical (unpaired) electrons. The van der Waals surface area contributed by atoms with Crippen molar-refractivity contribution in [2.75, 3.05) is 5.32 Å². The average molecular weight is 393 g/mol. The Morgan fingerprint density at radius 3 is 2.11 bits per heavy atom. The number of amides is 1. The molecule has 1 unspecified atom stereocenters. The third kappa shape index (κ3) is 4.47. The van der Waals surface area contributed by atoms with Gasteiger partial charge in [-0.25, -0.2) is 22.1 Å². The van der Waals surface area contributed by atoms with Crippen molar-refractivity contribution < 1.29 is 22.2 Å². The maximum atomic E-state index is 13.6. The second-order valence-electron chi connectivity index (χ2n) is 6.89. The predicted molar refractivity (Wildman–Crippen MR) is 99.8 cm³/mol. The van der Waals surface area contributed by atoms with Crippen LogP contribution in [-0.4, -0.2) is 35.9 Å². The van der Waals surface area contributed by atoms with Crippen LogP contribution in [0.3, 0.4) is 0 Å². The first-order valence-corrected chi connectivity index (χ1v) is 8.87. The summed E-state index contributed by atoms with van der Waals surface area (Å²) < 4.78 is 57.1. The zero-order chi connectivity index (χ0) is 20.7. The van der Waals surface area contributed by atoms with E-state index in [0.29, 0.717) is 4.90 Å². The minimum atomic E-state index is -1.83. The molecule has 0 aliphatic heterocycles. The number of anilines is 1. The van der Waals surface area contributed by atoms with Crippen LogP contribution in [0.1, 0.15) is 31.3 Å². The third-order valence-corrected chi connectivity index (χ3v) is 4.91. The number of aryl methyl sites for hydroxylation is 1. The van der Waals surface area contributed by atoms with Gasteiger partial charge in [-0.2, -0.15) is 0 Å². The van der Waals surface area contributed by atoms with E-state index >= 15 is 0 Å². The molecule has 1 atom stereocenters. The molecule has 2 rings (SSSR count). The molecular formula is C16H16B2F3N3O2S. The Morgan fingerprint density at radius 1 is 1.11 bits per heavy atom. The van der Waals surface area contributed by atoms with Crippen molar-refractivity contribution >= 4 is 49.2 Å². The fourth-order valence-electron chi connectivity index (χ4n) is 2.21. The van der Waals surface area contributed by atoms with Gasteiger partial charge in [0.1, 0.15) is 32.4 Å². The quantitative estimate of drug-likeness (QED) is 0.594.